The highest BCUT2D eigenvalue weighted by Crippen LogP contribution is 2.42. The molecule has 9 heteroatoms. The van der Waals surface area contributed by atoms with Gasteiger partial charge in [-0.15, -0.1) is 11.8 Å². The number of nitrogens with zero attached hydrogens (tertiary/aromatic N) is 1. The van der Waals surface area contributed by atoms with E-state index in [0.717, 1.165) is 6.42 Å². The molecule has 1 aliphatic carbocycles. The highest BCUT2D eigenvalue weighted by atomic mass is 16.7. The van der Waals surface area contributed by atoms with Gasteiger partial charge in [-0.05, 0) is 64.7 Å². The minimum absolute atomic E-state index is 0.0517. The molecule has 0 aromatic heterocycles. The zero-order valence-corrected chi connectivity index (χ0v) is 30.6. The second-order valence-electron chi connectivity index (χ2n) is 14.6. The third-order valence-corrected chi connectivity index (χ3v) is 10.5. The summed E-state index contributed by atoms with van der Waals surface area (Å²) in [6.07, 6.45) is -1.25. The second-order valence-corrected chi connectivity index (χ2v) is 14.6. The Kier molecular flexibility index (Phi) is 16.2. The monoisotopic (exact) mass is 639 g/mol. The lowest BCUT2D eigenvalue weighted by Gasteiger charge is -2.46. The highest BCUT2D eigenvalue weighted by Gasteiger charge is 2.48. The van der Waals surface area contributed by atoms with Crippen molar-refractivity contribution in [3.05, 3.63) is 0 Å². The average molecular weight is 640 g/mol. The number of hydrogen-bond acceptors (Lipinski definition) is 9. The van der Waals surface area contributed by atoms with Crippen molar-refractivity contribution in [3.8, 4) is 11.8 Å². The van der Waals surface area contributed by atoms with Crippen molar-refractivity contribution in [3.63, 3.8) is 0 Å². The molecule has 262 valence electrons. The second kappa shape index (κ2) is 17.6. The Morgan fingerprint density at radius 2 is 1.51 bits per heavy atom. The number of aliphatic hydroxyl groups is 3. The molecule has 1 saturated carbocycles. The predicted molar refractivity (Wildman–Crippen MR) is 179 cm³/mol. The maximum absolute atomic E-state index is 13.9. The lowest BCUT2D eigenvalue weighted by atomic mass is 9.65. The van der Waals surface area contributed by atoms with Crippen LogP contribution in [0.15, 0.2) is 5.16 Å². The molecule has 0 spiro atoms. The van der Waals surface area contributed by atoms with Gasteiger partial charge in [0.25, 0.3) is 0 Å². The van der Waals surface area contributed by atoms with Crippen molar-refractivity contribution >= 4 is 11.5 Å². The fraction of sp³-hybridized carbons (Fsp3) is 0.889. The van der Waals surface area contributed by atoms with E-state index in [2.05, 4.69) is 23.9 Å². The number of methoxy groups -OCH3 is 1. The van der Waals surface area contributed by atoms with E-state index in [-0.39, 0.29) is 29.5 Å². The molecule has 0 bridgehead atoms. The van der Waals surface area contributed by atoms with Crippen LogP contribution in [0.2, 0.25) is 0 Å². The zero-order chi connectivity index (χ0) is 34.9. The van der Waals surface area contributed by atoms with Gasteiger partial charge in [0.05, 0.1) is 35.2 Å². The van der Waals surface area contributed by atoms with Gasteiger partial charge in [-0.25, -0.2) is 0 Å². The van der Waals surface area contributed by atoms with Gasteiger partial charge in [0.15, 0.2) is 6.29 Å². The summed E-state index contributed by atoms with van der Waals surface area (Å²) >= 11 is 0. The fourth-order valence-corrected chi connectivity index (χ4v) is 7.49. The summed E-state index contributed by atoms with van der Waals surface area (Å²) in [7, 11) is 3.06. The molecule has 9 nitrogen and oxygen atoms in total. The average Bonchev–Trinajstić information content (AvgIpc) is 2.97. The third-order valence-electron chi connectivity index (χ3n) is 10.5. The molecular weight excluding hydrogens is 574 g/mol. The van der Waals surface area contributed by atoms with Crippen LogP contribution < -0.4 is 0 Å². The maximum Gasteiger partial charge on any atom is 0.161 e. The Bertz CT molecular complexity index is 1010. The van der Waals surface area contributed by atoms with E-state index in [1.165, 1.54) is 7.11 Å². The summed E-state index contributed by atoms with van der Waals surface area (Å²) in [4.78, 5) is 19.1. The van der Waals surface area contributed by atoms with Gasteiger partial charge in [-0.2, -0.15) is 0 Å². The topological polar surface area (TPSA) is 127 Å². The number of carbonyl (C=O) groups excluding carboxylic acids is 1. The van der Waals surface area contributed by atoms with Crippen LogP contribution >= 0.6 is 0 Å². The molecule has 0 amide bonds. The largest absolute Gasteiger partial charge is 0.399 e. The van der Waals surface area contributed by atoms with Crippen molar-refractivity contribution in [2.24, 2.45) is 40.2 Å². The molecule has 45 heavy (non-hydrogen) atoms. The first-order valence-electron chi connectivity index (χ1n) is 16.7. The van der Waals surface area contributed by atoms with Gasteiger partial charge in [-0.1, -0.05) is 60.0 Å². The number of carbonyl (C=O) groups is 1. The molecule has 0 aromatic carbocycles. The molecule has 3 N–H and O–H groups in total. The lowest BCUT2D eigenvalue weighted by Crippen LogP contribution is -2.57. The van der Waals surface area contributed by atoms with Gasteiger partial charge >= 0.3 is 0 Å². The number of Topliss-reactive ketones (excluding diaryl/α,β-unsaturated/α-hetero) is 1. The molecule has 1 heterocycles. The van der Waals surface area contributed by atoms with Gasteiger partial charge in [0, 0.05) is 37.7 Å². The molecule has 1 aliphatic heterocycles. The normalized spacial score (nSPS) is 42.4. The zero-order valence-electron chi connectivity index (χ0n) is 30.6. The summed E-state index contributed by atoms with van der Waals surface area (Å²) < 4.78 is 18.3. The summed E-state index contributed by atoms with van der Waals surface area (Å²) in [6, 6.07) is 0. The first-order chi connectivity index (χ1) is 20.8. The van der Waals surface area contributed by atoms with Gasteiger partial charge in [0.1, 0.15) is 19.0 Å². The van der Waals surface area contributed by atoms with Gasteiger partial charge in [-0.3, -0.25) is 4.79 Å². The number of aliphatic hydroxyl groups excluding tert-OH is 2. The van der Waals surface area contributed by atoms with Crippen LogP contribution in [0.3, 0.4) is 0 Å². The van der Waals surface area contributed by atoms with E-state index in [0.29, 0.717) is 31.4 Å². The molecule has 1 saturated heterocycles. The van der Waals surface area contributed by atoms with Crippen molar-refractivity contribution in [1.29, 1.82) is 0 Å². The van der Waals surface area contributed by atoms with Crippen LogP contribution in [-0.2, 0) is 23.8 Å². The van der Waals surface area contributed by atoms with Crippen LogP contribution in [-0.4, -0.2) is 82.9 Å². The highest BCUT2D eigenvalue weighted by molar-refractivity contribution is 5.88. The van der Waals surface area contributed by atoms with Gasteiger partial charge < -0.3 is 34.4 Å². The van der Waals surface area contributed by atoms with Crippen LogP contribution in [0, 0.1) is 46.8 Å². The molecule has 12 atom stereocenters. The number of ketones is 1. The van der Waals surface area contributed by atoms with Crippen molar-refractivity contribution in [2.45, 2.75) is 157 Å². The van der Waals surface area contributed by atoms with Gasteiger partial charge in [0.2, 0.25) is 0 Å². The van der Waals surface area contributed by atoms with Crippen LogP contribution in [0.4, 0.5) is 0 Å². The molecule has 2 fully saturated rings. The third kappa shape index (κ3) is 10.7. The standard InChI is InChI=1S/C32H59NO8.C4H6/c1-13-23-14-24(34)20(4)27(41-25-17-32(10,38-11)29(36)22(6)40-25)19(3)16-31(9,37)15-18(2)26(33-39-12)21(5)28(35)30(23,7)8;1-3-4-2/h18-23,25,27-29,35-37H,13-17H2,1-12H3;1-2H3/b33-26+;/t18-,19-,20+,21?,22?,23+,25+,27+,28?,29+,31-,32-;/m1./s1. The Labute approximate surface area is 273 Å². The predicted octanol–water partition coefficient (Wildman–Crippen LogP) is 5.77. The Balaban J connectivity index is 0.00000238. The SMILES string of the molecule is CC#CC.CC[C@H]1CC(=O)[C@H](C)[C@@H](O[C@H]2C[C@@](C)(OC)[C@@H](O)C(C)O2)[C@H](C)C[C@](C)(O)C[C@@H](C)/C(=N\OC)C(C)C(O)C1(C)C. The summed E-state index contributed by atoms with van der Waals surface area (Å²) in [5.41, 5.74) is -1.86. The van der Waals surface area contributed by atoms with E-state index in [1.807, 2.05) is 62.3 Å². The summed E-state index contributed by atoms with van der Waals surface area (Å²) in [5.74, 6) is 4.17. The van der Waals surface area contributed by atoms with Crippen LogP contribution in [0.1, 0.15) is 115 Å². The molecule has 0 radical (unpaired) electrons. The van der Waals surface area contributed by atoms with Crippen molar-refractivity contribution in [2.75, 3.05) is 14.2 Å². The van der Waals surface area contributed by atoms with Crippen molar-refractivity contribution < 1.29 is 39.2 Å². The Morgan fingerprint density at radius 1 is 0.933 bits per heavy atom. The molecule has 3 unspecified atom stereocenters. The van der Waals surface area contributed by atoms with Crippen LogP contribution in [0.5, 0.6) is 0 Å². The minimum atomic E-state index is -1.11. The van der Waals surface area contributed by atoms with E-state index in [9.17, 15) is 20.1 Å². The maximum atomic E-state index is 13.9. The molecular formula is C36H65NO8. The number of ether oxygens (including phenoxy) is 3. The summed E-state index contributed by atoms with van der Waals surface area (Å²) in [6.45, 7) is 23.0. The first-order valence-corrected chi connectivity index (χ1v) is 16.7. The quantitative estimate of drug-likeness (QED) is 0.256. The van der Waals surface area contributed by atoms with E-state index in [1.54, 1.807) is 21.0 Å². The molecule has 2 aliphatic rings. The number of hydrogen-bond donors (Lipinski definition) is 3. The molecule has 0 aromatic rings. The Morgan fingerprint density at radius 3 is 2.00 bits per heavy atom. The number of rotatable bonds is 5. The van der Waals surface area contributed by atoms with Crippen LogP contribution in [0.25, 0.3) is 0 Å². The summed E-state index contributed by atoms with van der Waals surface area (Å²) in [5, 5.41) is 38.3. The number of oxime groups is 1. The lowest BCUT2D eigenvalue weighted by molar-refractivity contribution is -0.295. The first kappa shape index (κ1) is 41.5. The van der Waals surface area contributed by atoms with E-state index >= 15 is 0 Å². The van der Waals surface area contributed by atoms with E-state index < -0.39 is 53.2 Å². The van der Waals surface area contributed by atoms with E-state index in [4.69, 9.17) is 19.0 Å². The smallest absolute Gasteiger partial charge is 0.161 e. The van der Waals surface area contributed by atoms with Crippen molar-refractivity contribution in [1.82, 2.24) is 0 Å². The Hall–Kier alpha value is -1.54. The minimum Gasteiger partial charge on any atom is -0.399 e. The molecule has 2 rings (SSSR count). The fourth-order valence-electron chi connectivity index (χ4n) is 7.49.